The van der Waals surface area contributed by atoms with Crippen molar-refractivity contribution >= 4 is 34.1 Å². The first-order valence-corrected chi connectivity index (χ1v) is 9.47. The molecule has 0 radical (unpaired) electrons. The molecule has 28 heavy (non-hydrogen) atoms. The van der Waals surface area contributed by atoms with Crippen molar-refractivity contribution in [3.8, 4) is 0 Å². The van der Waals surface area contributed by atoms with Crippen LogP contribution >= 0.6 is 11.3 Å². The summed E-state index contributed by atoms with van der Waals surface area (Å²) >= 11 is 0.582. The lowest BCUT2D eigenvalue weighted by Crippen LogP contribution is -2.39. The fraction of sp³-hybridized carbons (Fsp3) is 0.333. The summed E-state index contributed by atoms with van der Waals surface area (Å²) in [5.41, 5.74) is 1.74. The lowest BCUT2D eigenvalue weighted by Gasteiger charge is -2.31. The Balaban J connectivity index is 1.43. The van der Waals surface area contributed by atoms with Gasteiger partial charge < -0.3 is 4.90 Å². The average Bonchev–Trinajstić information content (AvgIpc) is 3.33. The number of rotatable bonds is 3. The van der Waals surface area contributed by atoms with Crippen molar-refractivity contribution in [1.29, 1.82) is 0 Å². The number of amides is 1. The molecule has 6 nitrogen and oxygen atoms in total. The van der Waals surface area contributed by atoms with E-state index < -0.39 is 16.8 Å². The number of halogens is 3. The highest BCUT2D eigenvalue weighted by molar-refractivity contribution is 7.16. The molecule has 10 heteroatoms. The van der Waals surface area contributed by atoms with Gasteiger partial charge in [-0.2, -0.15) is 13.2 Å². The minimum Gasteiger partial charge on any atom is -0.338 e. The first kappa shape index (κ1) is 18.6. The van der Waals surface area contributed by atoms with Gasteiger partial charge in [-0.05, 0) is 37.1 Å². The lowest BCUT2D eigenvalue weighted by atomic mass is 10.0. The summed E-state index contributed by atoms with van der Waals surface area (Å²) in [6.45, 7) is 0.913. The number of thiophene rings is 1. The first-order valence-electron chi connectivity index (χ1n) is 8.65. The molecule has 1 saturated heterocycles. The standard InChI is InChI=1S/C18H15F3N4O2S/c19-18(20,21)16(26)14-5-6-15(28-14)17(27)24-9-7-11(8-10-24)25-13-4-2-1-3-12(13)22-23-25/h1-6,11H,7-10H2. The van der Waals surface area contributed by atoms with Crippen molar-refractivity contribution in [3.63, 3.8) is 0 Å². The average molecular weight is 408 g/mol. The van der Waals surface area contributed by atoms with Crippen molar-refractivity contribution in [2.75, 3.05) is 13.1 Å². The number of fused-ring (bicyclic) bond motifs is 1. The molecule has 0 atom stereocenters. The molecule has 3 heterocycles. The number of benzene rings is 1. The number of hydrogen-bond donors (Lipinski definition) is 0. The van der Waals surface area contributed by atoms with Crippen molar-refractivity contribution in [2.45, 2.75) is 25.1 Å². The maximum absolute atomic E-state index is 12.6. The van der Waals surface area contributed by atoms with E-state index in [1.165, 1.54) is 6.07 Å². The zero-order valence-corrected chi connectivity index (χ0v) is 15.3. The molecule has 0 bridgehead atoms. The molecule has 0 spiro atoms. The van der Waals surface area contributed by atoms with Crippen molar-refractivity contribution < 1.29 is 22.8 Å². The van der Waals surface area contributed by atoms with Crippen LogP contribution in [0.5, 0.6) is 0 Å². The highest BCUT2D eigenvalue weighted by Gasteiger charge is 2.40. The number of nitrogens with zero attached hydrogens (tertiary/aromatic N) is 4. The molecule has 1 aromatic carbocycles. The number of aromatic nitrogens is 3. The summed E-state index contributed by atoms with van der Waals surface area (Å²) in [5.74, 6) is -2.28. The van der Waals surface area contributed by atoms with Crippen LogP contribution in [0.4, 0.5) is 13.2 Å². The number of alkyl halides is 3. The van der Waals surface area contributed by atoms with E-state index >= 15 is 0 Å². The Morgan fingerprint density at radius 1 is 1.04 bits per heavy atom. The van der Waals surface area contributed by atoms with Gasteiger partial charge in [0.2, 0.25) is 0 Å². The fourth-order valence-electron chi connectivity index (χ4n) is 3.34. The van der Waals surface area contributed by atoms with Crippen molar-refractivity contribution in [2.24, 2.45) is 0 Å². The Kier molecular flexibility index (Phi) is 4.66. The van der Waals surface area contributed by atoms with E-state index in [-0.39, 0.29) is 16.8 Å². The molecular weight excluding hydrogens is 393 g/mol. The number of Topliss-reactive ketones (excluding diaryl/α,β-unsaturated/α-hetero) is 1. The molecule has 0 aliphatic carbocycles. The van der Waals surface area contributed by atoms with E-state index in [9.17, 15) is 22.8 Å². The van der Waals surface area contributed by atoms with Gasteiger partial charge in [-0.1, -0.05) is 17.3 Å². The highest BCUT2D eigenvalue weighted by atomic mass is 32.1. The Hall–Kier alpha value is -2.75. The van der Waals surface area contributed by atoms with Gasteiger partial charge in [0.25, 0.3) is 11.7 Å². The van der Waals surface area contributed by atoms with Gasteiger partial charge in [-0.15, -0.1) is 16.4 Å². The van der Waals surface area contributed by atoms with Gasteiger partial charge in [0, 0.05) is 13.1 Å². The second-order valence-corrected chi connectivity index (χ2v) is 7.62. The number of ketones is 1. The Bertz CT molecular complexity index is 1030. The molecule has 4 rings (SSSR count). The van der Waals surface area contributed by atoms with Crippen LogP contribution in [0.1, 0.15) is 38.2 Å². The molecule has 1 aliphatic heterocycles. The minimum absolute atomic E-state index is 0.0992. The molecule has 3 aromatic rings. The molecule has 0 saturated carbocycles. The van der Waals surface area contributed by atoms with Gasteiger partial charge in [-0.3, -0.25) is 9.59 Å². The minimum atomic E-state index is -4.94. The molecule has 2 aromatic heterocycles. The molecule has 0 unspecified atom stereocenters. The van der Waals surface area contributed by atoms with Gasteiger partial charge in [-0.25, -0.2) is 4.68 Å². The second kappa shape index (κ2) is 7.01. The third-order valence-corrected chi connectivity index (χ3v) is 5.84. The van der Waals surface area contributed by atoms with Crippen LogP contribution in [0, 0.1) is 0 Å². The topological polar surface area (TPSA) is 68.1 Å². The normalized spacial score (nSPS) is 15.9. The van der Waals surface area contributed by atoms with Crippen molar-refractivity contribution in [1.82, 2.24) is 19.9 Å². The van der Waals surface area contributed by atoms with Gasteiger partial charge in [0.05, 0.1) is 21.3 Å². The van der Waals surface area contributed by atoms with Crippen LogP contribution in [0.25, 0.3) is 11.0 Å². The molecule has 1 amide bonds. The number of para-hydroxylation sites is 1. The predicted octanol–water partition coefficient (Wildman–Crippen LogP) is 3.72. The number of piperidine rings is 1. The van der Waals surface area contributed by atoms with E-state index in [0.717, 1.165) is 17.1 Å². The highest BCUT2D eigenvalue weighted by Crippen LogP contribution is 2.29. The summed E-state index contributed by atoms with van der Waals surface area (Å²) < 4.78 is 39.5. The largest absolute Gasteiger partial charge is 0.455 e. The maximum atomic E-state index is 12.6. The van der Waals surface area contributed by atoms with Gasteiger partial charge >= 0.3 is 6.18 Å². The maximum Gasteiger partial charge on any atom is 0.455 e. The smallest absolute Gasteiger partial charge is 0.338 e. The zero-order valence-electron chi connectivity index (χ0n) is 14.5. The lowest BCUT2D eigenvalue weighted by molar-refractivity contribution is -0.0882. The zero-order chi connectivity index (χ0) is 19.9. The van der Waals surface area contributed by atoms with E-state index in [4.69, 9.17) is 0 Å². The van der Waals surface area contributed by atoms with E-state index in [0.29, 0.717) is 37.3 Å². The Morgan fingerprint density at radius 2 is 1.71 bits per heavy atom. The fourth-order valence-corrected chi connectivity index (χ4v) is 4.27. The molecular formula is C18H15F3N4O2S. The van der Waals surface area contributed by atoms with Crippen LogP contribution in [-0.2, 0) is 0 Å². The number of hydrogen-bond acceptors (Lipinski definition) is 5. The quantitative estimate of drug-likeness (QED) is 0.620. The first-order chi connectivity index (χ1) is 13.3. The summed E-state index contributed by atoms with van der Waals surface area (Å²) in [7, 11) is 0. The Labute approximate surface area is 161 Å². The van der Waals surface area contributed by atoms with Crippen LogP contribution in [0.3, 0.4) is 0 Å². The van der Waals surface area contributed by atoms with Crippen LogP contribution < -0.4 is 0 Å². The summed E-state index contributed by atoms with van der Waals surface area (Å²) in [5, 5.41) is 8.36. The monoisotopic (exact) mass is 408 g/mol. The van der Waals surface area contributed by atoms with Gasteiger partial charge in [0.1, 0.15) is 5.52 Å². The van der Waals surface area contributed by atoms with E-state index in [1.54, 1.807) is 4.90 Å². The number of likely N-dealkylation sites (tertiary alicyclic amines) is 1. The molecule has 1 aliphatic rings. The SMILES string of the molecule is O=C(c1ccc(C(=O)C(F)(F)F)s1)N1CCC(n2nnc3ccccc32)CC1. The molecule has 1 fully saturated rings. The summed E-state index contributed by atoms with van der Waals surface area (Å²) in [6, 6.07) is 10.1. The van der Waals surface area contributed by atoms with Gasteiger partial charge in [0.15, 0.2) is 0 Å². The van der Waals surface area contributed by atoms with Crippen molar-refractivity contribution in [3.05, 3.63) is 46.2 Å². The van der Waals surface area contributed by atoms with E-state index in [1.807, 2.05) is 28.9 Å². The Morgan fingerprint density at radius 3 is 2.43 bits per heavy atom. The van der Waals surface area contributed by atoms with E-state index in [2.05, 4.69) is 10.3 Å². The second-order valence-electron chi connectivity index (χ2n) is 6.54. The predicted molar refractivity (Wildman–Crippen MR) is 96.4 cm³/mol. The number of carbonyl (C=O) groups excluding carboxylic acids is 2. The number of carbonyl (C=O) groups is 2. The molecule has 146 valence electrons. The van der Waals surface area contributed by atoms with Crippen LogP contribution in [0.2, 0.25) is 0 Å². The third kappa shape index (κ3) is 3.39. The van der Waals surface area contributed by atoms with Crippen LogP contribution in [0.15, 0.2) is 36.4 Å². The summed E-state index contributed by atoms with van der Waals surface area (Å²) in [4.78, 5) is 25.2. The summed E-state index contributed by atoms with van der Waals surface area (Å²) in [6.07, 6.45) is -3.61. The van der Waals surface area contributed by atoms with Crippen LogP contribution in [-0.4, -0.2) is 50.9 Å². The third-order valence-electron chi connectivity index (χ3n) is 4.77. The molecule has 0 N–H and O–H groups in total.